The molecular formula is C35H39F6NO4. The number of carbonyl (C=O) groups is 2. The molecule has 3 aromatic rings. The minimum atomic E-state index is -4.72. The molecule has 11 heteroatoms. The summed E-state index contributed by atoms with van der Waals surface area (Å²) in [6, 6.07) is 10.8. The Hall–Kier alpha value is -4.02. The van der Waals surface area contributed by atoms with E-state index in [0.29, 0.717) is 13.0 Å². The molecule has 1 amide bonds. The van der Waals surface area contributed by atoms with Crippen LogP contribution in [-0.4, -0.2) is 30.1 Å². The van der Waals surface area contributed by atoms with Crippen molar-refractivity contribution >= 4 is 11.9 Å². The van der Waals surface area contributed by atoms with E-state index in [1.165, 1.54) is 56.4 Å². The summed E-state index contributed by atoms with van der Waals surface area (Å²) in [6.45, 7) is 1.57. The van der Waals surface area contributed by atoms with E-state index in [1.54, 1.807) is 0 Å². The lowest BCUT2D eigenvalue weighted by Gasteiger charge is -2.19. The molecule has 0 aliphatic carbocycles. The van der Waals surface area contributed by atoms with E-state index in [2.05, 4.69) is 12.2 Å². The first-order chi connectivity index (χ1) is 21.8. The van der Waals surface area contributed by atoms with Crippen LogP contribution >= 0.6 is 0 Å². The van der Waals surface area contributed by atoms with Gasteiger partial charge >= 0.3 is 18.3 Å². The fourth-order valence-corrected chi connectivity index (χ4v) is 5.12. The average Bonchev–Trinajstić information content (AvgIpc) is 3.01. The Balaban J connectivity index is 1.94. The third-order valence-electron chi connectivity index (χ3n) is 7.51. The highest BCUT2D eigenvalue weighted by Crippen LogP contribution is 2.43. The maximum atomic E-state index is 13.6. The van der Waals surface area contributed by atoms with Gasteiger partial charge in [0.2, 0.25) is 0 Å². The highest BCUT2D eigenvalue weighted by molar-refractivity contribution is 5.99. The highest BCUT2D eigenvalue weighted by atomic mass is 19.4. The van der Waals surface area contributed by atoms with Gasteiger partial charge in [-0.2, -0.15) is 26.3 Å². The Morgan fingerprint density at radius 3 is 1.59 bits per heavy atom. The second-order valence-corrected chi connectivity index (χ2v) is 11.2. The molecule has 0 heterocycles. The van der Waals surface area contributed by atoms with Gasteiger partial charge in [-0.05, 0) is 53.9 Å². The van der Waals surface area contributed by atoms with E-state index in [0.717, 1.165) is 62.1 Å². The largest absolute Gasteiger partial charge is 0.481 e. The molecule has 3 rings (SSSR count). The van der Waals surface area contributed by atoms with E-state index in [9.17, 15) is 41.0 Å². The summed E-state index contributed by atoms with van der Waals surface area (Å²) in [5.74, 6) is -2.27. The van der Waals surface area contributed by atoms with Crippen LogP contribution in [0.15, 0.2) is 60.7 Å². The van der Waals surface area contributed by atoms with Crippen molar-refractivity contribution in [3.05, 3.63) is 77.4 Å². The molecule has 0 spiro atoms. The Kier molecular flexibility index (Phi) is 13.5. The summed E-state index contributed by atoms with van der Waals surface area (Å²) >= 11 is 0. The molecular weight excluding hydrogens is 612 g/mol. The Labute approximate surface area is 265 Å². The molecule has 250 valence electrons. The second kappa shape index (κ2) is 17.1. The van der Waals surface area contributed by atoms with E-state index < -0.39 is 42.0 Å². The van der Waals surface area contributed by atoms with Gasteiger partial charge in [-0.3, -0.25) is 4.79 Å². The van der Waals surface area contributed by atoms with Crippen LogP contribution in [0.4, 0.5) is 26.3 Å². The van der Waals surface area contributed by atoms with Crippen LogP contribution in [0.3, 0.4) is 0 Å². The molecule has 3 aromatic carbocycles. The molecule has 0 aliphatic rings. The summed E-state index contributed by atoms with van der Waals surface area (Å²) in [5, 5.41) is 12.1. The lowest BCUT2D eigenvalue weighted by molar-refractivity contribution is -0.139. The molecule has 0 atom stereocenters. The number of carbonyl (C=O) groups excluding carboxylic acids is 1. The molecule has 0 aliphatic heterocycles. The summed E-state index contributed by atoms with van der Waals surface area (Å²) in [5.41, 5.74) is -2.33. The third-order valence-corrected chi connectivity index (χ3v) is 7.51. The van der Waals surface area contributed by atoms with Crippen LogP contribution in [-0.2, 0) is 17.1 Å². The van der Waals surface area contributed by atoms with Crippen LogP contribution in [0.1, 0.15) is 92.6 Å². The summed E-state index contributed by atoms with van der Waals surface area (Å²) in [7, 11) is 0. The van der Waals surface area contributed by atoms with Crippen LogP contribution in [0.5, 0.6) is 5.75 Å². The van der Waals surface area contributed by atoms with Crippen LogP contribution in [0.2, 0.25) is 0 Å². The SMILES string of the molecule is CCCCCCCCCCCCNC(=O)c1cc(-c2cccc(C(F)(F)F)c2)c(OCC(=O)O)c(-c2cccc(C(F)(F)F)c2)c1. The summed E-state index contributed by atoms with van der Waals surface area (Å²) in [6.07, 6.45) is 1.55. The predicted molar refractivity (Wildman–Crippen MR) is 165 cm³/mol. The van der Waals surface area contributed by atoms with Gasteiger partial charge < -0.3 is 15.2 Å². The number of rotatable bonds is 17. The predicted octanol–water partition coefficient (Wildman–Crippen LogP) is 10.2. The first-order valence-electron chi connectivity index (χ1n) is 15.5. The van der Waals surface area contributed by atoms with Gasteiger partial charge in [0.15, 0.2) is 6.61 Å². The molecule has 0 bridgehead atoms. The molecule has 5 nitrogen and oxygen atoms in total. The van der Waals surface area contributed by atoms with Gasteiger partial charge in [0.25, 0.3) is 5.91 Å². The quantitative estimate of drug-likeness (QED) is 0.113. The third kappa shape index (κ3) is 11.1. The number of aliphatic carboxylic acids is 1. The second-order valence-electron chi connectivity index (χ2n) is 11.2. The van der Waals surface area contributed by atoms with Crippen LogP contribution in [0.25, 0.3) is 22.3 Å². The minimum absolute atomic E-state index is 0.0328. The number of hydrogen-bond donors (Lipinski definition) is 2. The number of halogens is 6. The first-order valence-corrected chi connectivity index (χ1v) is 15.5. The zero-order chi connectivity index (χ0) is 33.7. The maximum Gasteiger partial charge on any atom is 0.416 e. The van der Waals surface area contributed by atoms with Crippen molar-refractivity contribution in [2.75, 3.05) is 13.2 Å². The maximum absolute atomic E-state index is 13.6. The van der Waals surface area contributed by atoms with Crippen molar-refractivity contribution in [2.45, 2.75) is 83.5 Å². The summed E-state index contributed by atoms with van der Waals surface area (Å²) < 4.78 is 87.1. The lowest BCUT2D eigenvalue weighted by atomic mass is 9.92. The number of amides is 1. The zero-order valence-corrected chi connectivity index (χ0v) is 25.7. The fourth-order valence-electron chi connectivity index (χ4n) is 5.12. The standard InChI is InChI=1S/C35H39F6NO4/c1-2-3-4-5-6-7-8-9-10-11-18-42-33(45)26-21-29(24-14-12-16-27(19-24)34(36,37)38)32(46-23-31(43)44)30(22-26)25-15-13-17-28(20-25)35(39,40)41/h12-17,19-22H,2-11,18,23H2,1H3,(H,42,45)(H,43,44). The van der Waals surface area contributed by atoms with E-state index in [-0.39, 0.29) is 33.6 Å². The average molecular weight is 652 g/mol. The van der Waals surface area contributed by atoms with Gasteiger partial charge in [0.1, 0.15) is 5.75 Å². The number of ether oxygens (including phenoxy) is 1. The Morgan fingerprint density at radius 1 is 0.696 bits per heavy atom. The monoisotopic (exact) mass is 651 g/mol. The van der Waals surface area contributed by atoms with Crippen molar-refractivity contribution in [1.82, 2.24) is 5.32 Å². The van der Waals surface area contributed by atoms with E-state index in [1.807, 2.05) is 0 Å². The molecule has 46 heavy (non-hydrogen) atoms. The van der Waals surface area contributed by atoms with Gasteiger partial charge in [0.05, 0.1) is 11.1 Å². The fraction of sp³-hybridized carbons (Fsp3) is 0.429. The summed E-state index contributed by atoms with van der Waals surface area (Å²) in [4.78, 5) is 24.7. The Morgan fingerprint density at radius 2 is 1.15 bits per heavy atom. The van der Waals surface area contributed by atoms with Gasteiger partial charge in [0, 0.05) is 23.2 Å². The Bertz CT molecular complexity index is 1370. The molecule has 0 unspecified atom stereocenters. The van der Waals surface area contributed by atoms with Crippen molar-refractivity contribution in [1.29, 1.82) is 0 Å². The molecule has 2 N–H and O–H groups in total. The minimum Gasteiger partial charge on any atom is -0.481 e. The first kappa shape index (κ1) is 36.4. The number of nitrogens with one attached hydrogen (secondary N) is 1. The lowest BCUT2D eigenvalue weighted by Crippen LogP contribution is -2.24. The number of carboxylic acid groups (broad SMARTS) is 1. The van der Waals surface area contributed by atoms with Crippen molar-refractivity contribution in [3.8, 4) is 28.0 Å². The van der Waals surface area contributed by atoms with Crippen LogP contribution < -0.4 is 10.1 Å². The smallest absolute Gasteiger partial charge is 0.416 e. The molecule has 0 fully saturated rings. The van der Waals surface area contributed by atoms with Crippen molar-refractivity contribution in [2.24, 2.45) is 0 Å². The van der Waals surface area contributed by atoms with Crippen LogP contribution in [0, 0.1) is 0 Å². The molecule has 0 aromatic heterocycles. The number of carboxylic acids is 1. The number of hydrogen-bond acceptors (Lipinski definition) is 3. The molecule has 0 saturated heterocycles. The van der Waals surface area contributed by atoms with Gasteiger partial charge in [-0.15, -0.1) is 0 Å². The highest BCUT2D eigenvalue weighted by Gasteiger charge is 2.32. The molecule has 0 saturated carbocycles. The van der Waals surface area contributed by atoms with Crippen molar-refractivity contribution in [3.63, 3.8) is 0 Å². The number of benzene rings is 3. The van der Waals surface area contributed by atoms with Gasteiger partial charge in [-0.25, -0.2) is 4.79 Å². The topological polar surface area (TPSA) is 75.6 Å². The number of unbranched alkanes of at least 4 members (excludes halogenated alkanes) is 9. The van der Waals surface area contributed by atoms with Gasteiger partial charge in [-0.1, -0.05) is 89.0 Å². The van der Waals surface area contributed by atoms with E-state index >= 15 is 0 Å². The number of alkyl halides is 6. The molecule has 0 radical (unpaired) electrons. The van der Waals surface area contributed by atoms with E-state index in [4.69, 9.17) is 4.74 Å². The zero-order valence-electron chi connectivity index (χ0n) is 25.7. The normalized spacial score (nSPS) is 11.8. The van der Waals surface area contributed by atoms with Crippen molar-refractivity contribution < 1.29 is 45.8 Å².